The molecule has 1 amide bonds. The molecule has 0 aliphatic heterocycles. The second kappa shape index (κ2) is 8.48. The van der Waals surface area contributed by atoms with Crippen LogP contribution in [-0.2, 0) is 14.3 Å². The van der Waals surface area contributed by atoms with E-state index in [1.54, 1.807) is 12.1 Å². The molecule has 0 unspecified atom stereocenters. The molecule has 0 spiro atoms. The third-order valence-electron chi connectivity index (χ3n) is 3.31. The quantitative estimate of drug-likeness (QED) is 0.772. The maximum absolute atomic E-state index is 11.8. The fourth-order valence-corrected chi connectivity index (χ4v) is 2.52. The first kappa shape index (κ1) is 17.2. The van der Waals surface area contributed by atoms with Gasteiger partial charge in [0.2, 0.25) is 0 Å². The third kappa shape index (κ3) is 5.87. The summed E-state index contributed by atoms with van der Waals surface area (Å²) in [5, 5.41) is 2.68. The summed E-state index contributed by atoms with van der Waals surface area (Å²) < 4.78 is 5.90. The Labute approximate surface area is 144 Å². The Hall–Kier alpha value is -2.14. The number of carbonyl (C=O) groups is 2. The molecule has 0 aliphatic carbocycles. The average molecular weight is 376 g/mol. The van der Waals surface area contributed by atoms with E-state index < -0.39 is 0 Å². The fourth-order valence-electron chi connectivity index (χ4n) is 2.12. The van der Waals surface area contributed by atoms with Crippen LogP contribution in [0.4, 0.5) is 5.69 Å². The summed E-state index contributed by atoms with van der Waals surface area (Å²) in [4.78, 5) is 23.6. The van der Waals surface area contributed by atoms with Crippen molar-refractivity contribution in [3.63, 3.8) is 0 Å². The van der Waals surface area contributed by atoms with E-state index in [1.807, 2.05) is 49.4 Å². The van der Waals surface area contributed by atoms with E-state index in [-0.39, 0.29) is 30.8 Å². The second-order valence-electron chi connectivity index (χ2n) is 5.24. The minimum Gasteiger partial charge on any atom is -0.456 e. The summed E-state index contributed by atoms with van der Waals surface area (Å²) in [5.74, 6) is -0.689. The molecule has 4 nitrogen and oxygen atoms in total. The van der Waals surface area contributed by atoms with Gasteiger partial charge in [-0.1, -0.05) is 59.3 Å². The molecule has 0 aliphatic rings. The maximum Gasteiger partial charge on any atom is 0.306 e. The van der Waals surface area contributed by atoms with E-state index >= 15 is 0 Å². The van der Waals surface area contributed by atoms with E-state index in [1.165, 1.54) is 0 Å². The Morgan fingerprint density at radius 2 is 1.87 bits per heavy atom. The number of benzene rings is 2. The first-order valence-electron chi connectivity index (χ1n) is 7.30. The molecule has 2 aromatic rings. The molecule has 0 saturated heterocycles. The number of hydrogen-bond donors (Lipinski definition) is 1. The topological polar surface area (TPSA) is 55.4 Å². The molecular weight excluding hydrogens is 358 g/mol. The average Bonchev–Trinajstić information content (AvgIpc) is 2.54. The number of amides is 1. The Bertz CT molecular complexity index is 673. The van der Waals surface area contributed by atoms with E-state index in [2.05, 4.69) is 21.2 Å². The maximum atomic E-state index is 11.8. The highest BCUT2D eigenvalue weighted by Crippen LogP contribution is 2.19. The van der Waals surface area contributed by atoms with Gasteiger partial charge in [-0.05, 0) is 29.7 Å². The Balaban J connectivity index is 1.76. The highest BCUT2D eigenvalue weighted by atomic mass is 79.9. The van der Waals surface area contributed by atoms with Crippen molar-refractivity contribution in [3.8, 4) is 0 Å². The molecule has 1 N–H and O–H groups in total. The lowest BCUT2D eigenvalue weighted by atomic mass is 9.98. The summed E-state index contributed by atoms with van der Waals surface area (Å²) in [5.41, 5.74) is 1.72. The Morgan fingerprint density at radius 1 is 1.13 bits per heavy atom. The lowest BCUT2D eigenvalue weighted by molar-refractivity contribution is -0.147. The van der Waals surface area contributed by atoms with Crippen molar-refractivity contribution < 1.29 is 14.3 Å². The number of anilines is 1. The zero-order valence-corrected chi connectivity index (χ0v) is 14.4. The SMILES string of the molecule is C[C@H](CC(=O)OCC(=O)Nc1cccc(Br)c1)c1ccccc1. The molecule has 0 saturated carbocycles. The van der Waals surface area contributed by atoms with Gasteiger partial charge in [0.1, 0.15) is 0 Å². The molecule has 120 valence electrons. The monoisotopic (exact) mass is 375 g/mol. The smallest absolute Gasteiger partial charge is 0.306 e. The zero-order chi connectivity index (χ0) is 16.7. The molecule has 0 fully saturated rings. The lowest BCUT2D eigenvalue weighted by Crippen LogP contribution is -2.21. The van der Waals surface area contributed by atoms with E-state index in [4.69, 9.17) is 4.74 Å². The molecule has 2 rings (SSSR count). The molecular formula is C18H18BrNO3. The Kier molecular flexibility index (Phi) is 6.35. The number of nitrogens with one attached hydrogen (secondary N) is 1. The van der Waals surface area contributed by atoms with Gasteiger partial charge in [-0.25, -0.2) is 0 Å². The molecule has 0 bridgehead atoms. The summed E-state index contributed by atoms with van der Waals surface area (Å²) in [6.07, 6.45) is 0.244. The van der Waals surface area contributed by atoms with Crippen molar-refractivity contribution in [1.82, 2.24) is 0 Å². The van der Waals surface area contributed by atoms with Gasteiger partial charge < -0.3 is 10.1 Å². The zero-order valence-electron chi connectivity index (χ0n) is 12.8. The van der Waals surface area contributed by atoms with Crippen molar-refractivity contribution in [2.24, 2.45) is 0 Å². The minimum absolute atomic E-state index is 0.0526. The van der Waals surface area contributed by atoms with Crippen LogP contribution in [-0.4, -0.2) is 18.5 Å². The fraction of sp³-hybridized carbons (Fsp3) is 0.222. The van der Waals surface area contributed by atoms with Crippen molar-refractivity contribution in [3.05, 3.63) is 64.6 Å². The van der Waals surface area contributed by atoms with Crippen molar-refractivity contribution >= 4 is 33.5 Å². The van der Waals surface area contributed by atoms with Gasteiger partial charge in [-0.15, -0.1) is 0 Å². The van der Waals surface area contributed by atoms with Gasteiger partial charge in [-0.2, -0.15) is 0 Å². The van der Waals surface area contributed by atoms with E-state index in [0.717, 1.165) is 10.0 Å². The molecule has 1 atom stereocenters. The second-order valence-corrected chi connectivity index (χ2v) is 6.15. The lowest BCUT2D eigenvalue weighted by Gasteiger charge is -2.11. The summed E-state index contributed by atoms with van der Waals surface area (Å²) in [7, 11) is 0. The highest BCUT2D eigenvalue weighted by Gasteiger charge is 2.13. The highest BCUT2D eigenvalue weighted by molar-refractivity contribution is 9.10. The standard InChI is InChI=1S/C18H18BrNO3/c1-13(14-6-3-2-4-7-14)10-18(22)23-12-17(21)20-16-9-5-8-15(19)11-16/h2-9,11,13H,10,12H2,1H3,(H,20,21)/t13-/m1/s1. The van der Waals surface area contributed by atoms with Crippen LogP contribution in [0.3, 0.4) is 0 Å². The van der Waals surface area contributed by atoms with Crippen molar-refractivity contribution in [2.75, 3.05) is 11.9 Å². The summed E-state index contributed by atoms with van der Waals surface area (Å²) in [6.45, 7) is 1.67. The molecule has 5 heteroatoms. The van der Waals surface area contributed by atoms with E-state index in [9.17, 15) is 9.59 Å². The molecule has 23 heavy (non-hydrogen) atoms. The van der Waals surface area contributed by atoms with Crippen LogP contribution >= 0.6 is 15.9 Å². The number of hydrogen-bond acceptors (Lipinski definition) is 3. The van der Waals surface area contributed by atoms with Gasteiger partial charge in [0, 0.05) is 10.2 Å². The van der Waals surface area contributed by atoms with Gasteiger partial charge in [0.25, 0.3) is 5.91 Å². The largest absolute Gasteiger partial charge is 0.456 e. The molecule has 0 heterocycles. The predicted molar refractivity (Wildman–Crippen MR) is 93.2 cm³/mol. The number of rotatable bonds is 6. The normalized spacial score (nSPS) is 11.6. The van der Waals surface area contributed by atoms with E-state index in [0.29, 0.717) is 5.69 Å². The van der Waals surface area contributed by atoms with Crippen molar-refractivity contribution in [1.29, 1.82) is 0 Å². The molecule has 0 radical (unpaired) electrons. The van der Waals surface area contributed by atoms with Gasteiger partial charge >= 0.3 is 5.97 Å². The van der Waals surface area contributed by atoms with Crippen LogP contribution in [0, 0.1) is 0 Å². The van der Waals surface area contributed by atoms with Crippen LogP contribution in [0.25, 0.3) is 0 Å². The first-order valence-corrected chi connectivity index (χ1v) is 8.10. The number of esters is 1. The minimum atomic E-state index is -0.384. The molecule has 0 aromatic heterocycles. The van der Waals surface area contributed by atoms with Crippen LogP contribution in [0.15, 0.2) is 59.1 Å². The van der Waals surface area contributed by atoms with Gasteiger partial charge in [-0.3, -0.25) is 9.59 Å². The van der Waals surface area contributed by atoms with Crippen LogP contribution in [0.1, 0.15) is 24.8 Å². The first-order chi connectivity index (χ1) is 11.0. The van der Waals surface area contributed by atoms with Crippen molar-refractivity contribution in [2.45, 2.75) is 19.3 Å². The van der Waals surface area contributed by atoms with Gasteiger partial charge in [0.05, 0.1) is 6.42 Å². The summed E-state index contributed by atoms with van der Waals surface area (Å²) >= 11 is 3.33. The number of carbonyl (C=O) groups excluding carboxylic acids is 2. The van der Waals surface area contributed by atoms with Crippen LogP contribution in [0.5, 0.6) is 0 Å². The number of halogens is 1. The van der Waals surface area contributed by atoms with Crippen LogP contribution < -0.4 is 5.32 Å². The Morgan fingerprint density at radius 3 is 2.57 bits per heavy atom. The third-order valence-corrected chi connectivity index (χ3v) is 3.81. The van der Waals surface area contributed by atoms with Crippen LogP contribution in [0.2, 0.25) is 0 Å². The molecule has 2 aromatic carbocycles. The predicted octanol–water partition coefficient (Wildman–Crippen LogP) is 4.12. The van der Waals surface area contributed by atoms with Gasteiger partial charge in [0.15, 0.2) is 6.61 Å². The number of ether oxygens (including phenoxy) is 1. The summed E-state index contributed by atoms with van der Waals surface area (Å²) in [6, 6.07) is 17.0.